The highest BCUT2D eigenvalue weighted by Crippen LogP contribution is 2.42. The molecule has 2 fully saturated rings. The summed E-state index contributed by atoms with van der Waals surface area (Å²) < 4.78 is 5.85. The van der Waals surface area contributed by atoms with E-state index in [4.69, 9.17) is 10.5 Å². The number of hydrogen-bond donors (Lipinski definition) is 3. The van der Waals surface area contributed by atoms with E-state index in [1.54, 1.807) is 12.1 Å². The smallest absolute Gasteiger partial charge is 0.169 e. The third-order valence-electron chi connectivity index (χ3n) is 6.56. The molecular weight excluding hydrogens is 392 g/mol. The van der Waals surface area contributed by atoms with Crippen LogP contribution < -0.4 is 16.0 Å². The summed E-state index contributed by atoms with van der Waals surface area (Å²) in [7, 11) is 1.98. The van der Waals surface area contributed by atoms with Crippen LogP contribution in [0, 0.1) is 5.41 Å². The lowest BCUT2D eigenvalue weighted by atomic mass is 9.72. The predicted molar refractivity (Wildman–Crippen MR) is 123 cm³/mol. The molecule has 1 spiro atoms. The molecule has 0 radical (unpaired) electrons. The van der Waals surface area contributed by atoms with Crippen LogP contribution in [-0.4, -0.2) is 79.2 Å². The number of para-hydroxylation sites is 1. The average molecular weight is 427 g/mol. The van der Waals surface area contributed by atoms with Gasteiger partial charge in [0, 0.05) is 51.4 Å². The number of benzene rings is 1. The van der Waals surface area contributed by atoms with Gasteiger partial charge < -0.3 is 25.8 Å². The maximum Gasteiger partial charge on any atom is 0.169 e. The minimum atomic E-state index is 0.198. The van der Waals surface area contributed by atoms with Crippen molar-refractivity contribution in [2.45, 2.75) is 25.9 Å². The number of aromatic nitrogens is 2. The van der Waals surface area contributed by atoms with Crippen molar-refractivity contribution in [2.24, 2.45) is 5.41 Å². The lowest BCUT2D eigenvalue weighted by Crippen LogP contribution is -2.62. The number of phenolic OH excluding ortho intramolecular Hbond substituents is 1. The van der Waals surface area contributed by atoms with Crippen LogP contribution in [0.3, 0.4) is 0 Å². The van der Waals surface area contributed by atoms with Gasteiger partial charge in [0.25, 0.3) is 0 Å². The summed E-state index contributed by atoms with van der Waals surface area (Å²) in [6.07, 6.45) is 2.54. The Labute approximate surface area is 184 Å². The second-order valence-corrected chi connectivity index (χ2v) is 8.81. The second kappa shape index (κ2) is 9.38. The largest absolute Gasteiger partial charge is 0.507 e. The molecule has 2 aliphatic heterocycles. The number of likely N-dealkylation sites (tertiary alicyclic amines) is 1. The molecule has 2 aliphatic rings. The number of aromatic hydroxyl groups is 1. The molecule has 1 atom stereocenters. The number of ether oxygens (including phenoxy) is 1. The minimum Gasteiger partial charge on any atom is -0.507 e. The Kier molecular flexibility index (Phi) is 6.60. The molecule has 2 saturated heterocycles. The predicted octanol–water partition coefficient (Wildman–Crippen LogP) is 1.96. The van der Waals surface area contributed by atoms with Gasteiger partial charge in [-0.25, -0.2) is 0 Å². The molecular formula is C23H34N6O2. The van der Waals surface area contributed by atoms with Gasteiger partial charge in [-0.05, 0) is 50.4 Å². The number of anilines is 2. The first-order valence-corrected chi connectivity index (χ1v) is 11.2. The Morgan fingerprint density at radius 3 is 2.65 bits per heavy atom. The van der Waals surface area contributed by atoms with E-state index in [0.717, 1.165) is 64.4 Å². The van der Waals surface area contributed by atoms with E-state index >= 15 is 0 Å². The van der Waals surface area contributed by atoms with Gasteiger partial charge in [-0.1, -0.05) is 12.1 Å². The zero-order chi connectivity index (χ0) is 21.8. The zero-order valence-corrected chi connectivity index (χ0v) is 18.5. The summed E-state index contributed by atoms with van der Waals surface area (Å²) in [5, 5.41) is 21.8. The van der Waals surface area contributed by atoms with E-state index < -0.39 is 0 Å². The minimum absolute atomic E-state index is 0.198. The molecule has 2 aromatic rings. The Balaban J connectivity index is 1.37. The SMILES string of the molecule is CCOC(CNC)CN1CC2(CCN(c3cc(-c4ccccc4O)nnc3N)CC2)C1. The molecule has 1 unspecified atom stereocenters. The van der Waals surface area contributed by atoms with Crippen molar-refractivity contribution in [3.63, 3.8) is 0 Å². The van der Waals surface area contributed by atoms with E-state index in [-0.39, 0.29) is 11.9 Å². The maximum absolute atomic E-state index is 10.2. The monoisotopic (exact) mass is 426 g/mol. The highest BCUT2D eigenvalue weighted by molar-refractivity contribution is 5.74. The Bertz CT molecular complexity index is 870. The molecule has 0 amide bonds. The highest BCUT2D eigenvalue weighted by atomic mass is 16.5. The number of nitrogens with one attached hydrogen (secondary N) is 1. The summed E-state index contributed by atoms with van der Waals surface area (Å²) >= 11 is 0. The molecule has 8 nitrogen and oxygen atoms in total. The standard InChI is InChI=1S/C23H34N6O2/c1-3-31-17(13-25-2)14-28-15-23(16-28)8-10-29(11-9-23)20-12-19(26-27-22(20)24)18-6-4-5-7-21(18)30/h4-7,12,17,25,30H,3,8-11,13-16H2,1-2H3,(H2,24,27). The van der Waals surface area contributed by atoms with Crippen molar-refractivity contribution in [3.8, 4) is 17.0 Å². The number of likely N-dealkylation sites (N-methyl/N-ethyl adjacent to an activating group) is 1. The van der Waals surface area contributed by atoms with Crippen LogP contribution in [0.25, 0.3) is 11.3 Å². The van der Waals surface area contributed by atoms with Crippen LogP contribution in [-0.2, 0) is 4.74 Å². The van der Waals surface area contributed by atoms with E-state index in [9.17, 15) is 5.11 Å². The van der Waals surface area contributed by atoms with Crippen LogP contribution in [0.1, 0.15) is 19.8 Å². The van der Waals surface area contributed by atoms with Gasteiger partial charge in [-0.15, -0.1) is 10.2 Å². The van der Waals surface area contributed by atoms with Crippen molar-refractivity contribution in [1.82, 2.24) is 20.4 Å². The first-order chi connectivity index (χ1) is 15.0. The molecule has 4 rings (SSSR count). The molecule has 168 valence electrons. The van der Waals surface area contributed by atoms with Crippen LogP contribution in [0.4, 0.5) is 11.5 Å². The van der Waals surface area contributed by atoms with E-state index in [1.165, 1.54) is 0 Å². The number of nitrogens with zero attached hydrogens (tertiary/aromatic N) is 4. The number of piperidine rings is 1. The fourth-order valence-electron chi connectivity index (χ4n) is 4.96. The maximum atomic E-state index is 10.2. The van der Waals surface area contributed by atoms with Crippen molar-refractivity contribution in [2.75, 3.05) is 63.6 Å². The van der Waals surface area contributed by atoms with E-state index in [0.29, 0.717) is 22.5 Å². The Morgan fingerprint density at radius 1 is 1.23 bits per heavy atom. The number of nitrogen functional groups attached to an aromatic ring is 1. The summed E-state index contributed by atoms with van der Waals surface area (Å²) in [4.78, 5) is 4.83. The average Bonchev–Trinajstić information content (AvgIpc) is 2.74. The fraction of sp³-hybridized carbons (Fsp3) is 0.565. The summed E-state index contributed by atoms with van der Waals surface area (Å²) in [5.74, 6) is 0.639. The summed E-state index contributed by atoms with van der Waals surface area (Å²) in [5.41, 5.74) is 8.80. The van der Waals surface area contributed by atoms with Gasteiger partial charge in [-0.2, -0.15) is 0 Å². The van der Waals surface area contributed by atoms with E-state index in [1.807, 2.05) is 25.2 Å². The van der Waals surface area contributed by atoms with Gasteiger partial charge in [0.05, 0.1) is 17.5 Å². The Hall–Kier alpha value is -2.42. The quantitative estimate of drug-likeness (QED) is 0.589. The molecule has 8 heteroatoms. The lowest BCUT2D eigenvalue weighted by molar-refractivity contribution is -0.0554. The second-order valence-electron chi connectivity index (χ2n) is 8.81. The van der Waals surface area contributed by atoms with Crippen LogP contribution >= 0.6 is 0 Å². The number of nitrogens with two attached hydrogens (primary N) is 1. The summed E-state index contributed by atoms with van der Waals surface area (Å²) in [6, 6.07) is 9.13. The zero-order valence-electron chi connectivity index (χ0n) is 18.5. The van der Waals surface area contributed by atoms with Crippen LogP contribution in [0.15, 0.2) is 30.3 Å². The van der Waals surface area contributed by atoms with Gasteiger partial charge in [0.15, 0.2) is 5.82 Å². The van der Waals surface area contributed by atoms with Gasteiger partial charge in [-0.3, -0.25) is 4.90 Å². The Morgan fingerprint density at radius 2 is 1.97 bits per heavy atom. The van der Waals surface area contributed by atoms with Crippen molar-refractivity contribution < 1.29 is 9.84 Å². The van der Waals surface area contributed by atoms with Gasteiger partial charge in [0.1, 0.15) is 5.75 Å². The number of hydrogen-bond acceptors (Lipinski definition) is 8. The number of rotatable bonds is 8. The molecule has 3 heterocycles. The first kappa shape index (κ1) is 21.8. The van der Waals surface area contributed by atoms with Crippen molar-refractivity contribution in [1.29, 1.82) is 0 Å². The van der Waals surface area contributed by atoms with Gasteiger partial charge >= 0.3 is 0 Å². The van der Waals surface area contributed by atoms with E-state index in [2.05, 4.69) is 32.2 Å². The van der Waals surface area contributed by atoms with Crippen molar-refractivity contribution in [3.05, 3.63) is 30.3 Å². The topological polar surface area (TPSA) is 99.8 Å². The fourth-order valence-corrected chi connectivity index (χ4v) is 4.96. The van der Waals surface area contributed by atoms with Crippen molar-refractivity contribution >= 4 is 11.5 Å². The third kappa shape index (κ3) is 4.76. The lowest BCUT2D eigenvalue weighted by Gasteiger charge is -2.55. The molecule has 4 N–H and O–H groups in total. The molecule has 0 aliphatic carbocycles. The third-order valence-corrected chi connectivity index (χ3v) is 6.56. The van der Waals surface area contributed by atoms with Crippen LogP contribution in [0.2, 0.25) is 0 Å². The molecule has 0 saturated carbocycles. The first-order valence-electron chi connectivity index (χ1n) is 11.2. The molecule has 31 heavy (non-hydrogen) atoms. The highest BCUT2D eigenvalue weighted by Gasteiger charge is 2.45. The molecule has 1 aromatic carbocycles. The van der Waals surface area contributed by atoms with Gasteiger partial charge in [0.2, 0.25) is 0 Å². The normalized spacial score (nSPS) is 19.4. The molecule has 0 bridgehead atoms. The van der Waals surface area contributed by atoms with Crippen LogP contribution in [0.5, 0.6) is 5.75 Å². The summed E-state index contributed by atoms with van der Waals surface area (Å²) in [6.45, 7) is 8.88. The number of phenols is 1. The molecule has 1 aromatic heterocycles.